The van der Waals surface area contributed by atoms with Gasteiger partial charge in [0.05, 0.1) is 6.61 Å². The highest BCUT2D eigenvalue weighted by atomic mass is 16.6. The molecular formula is C85H154O5. The molecule has 1 atom stereocenters. The zero-order valence-electron chi connectivity index (χ0n) is 60.4. The first kappa shape index (κ1) is 87.1. The van der Waals surface area contributed by atoms with E-state index >= 15 is 0 Å². The van der Waals surface area contributed by atoms with Crippen LogP contribution in [0.4, 0.5) is 0 Å². The number of hydrogen-bond donors (Lipinski definition) is 1. The first-order valence-corrected chi connectivity index (χ1v) is 40.1. The smallest absolute Gasteiger partial charge is 0.306 e. The SMILES string of the molecule is CC/C=C\C/C=C\C/C=C\C/C=C\C/C=C\C/C=C\C/C=C\CCCCCCCCCCCCCCCCCC(=O)OC(CO)COC(=O)CCCCCCCCCCCCCCCCCCCCCCCCCCCCCCCCCCCCCCCCC. The molecule has 0 aromatic carbocycles. The Balaban J connectivity index is 3.40. The summed E-state index contributed by atoms with van der Waals surface area (Å²) in [5.74, 6) is -0.571. The molecule has 0 saturated carbocycles. The number of ether oxygens (including phenoxy) is 2. The van der Waals surface area contributed by atoms with Gasteiger partial charge in [0.2, 0.25) is 0 Å². The van der Waals surface area contributed by atoms with Crippen molar-refractivity contribution in [3.63, 3.8) is 0 Å². The van der Waals surface area contributed by atoms with Crippen LogP contribution in [-0.4, -0.2) is 36.4 Å². The molecule has 1 N–H and O–H groups in total. The standard InChI is InChI=1S/C85H154O5/c1-3-5-7-9-11-13-15-17-19-21-23-25-27-29-31-33-35-37-39-41-42-44-45-47-49-51-53-55-57-59-61-63-65-67-69-71-73-75-77-79-84(87)89-82-83(81-86)90-85(88)80-78-76-74-72-70-68-66-64-62-60-58-56-54-52-50-48-46-43-40-38-36-34-32-30-28-26-24-22-20-18-16-14-12-10-8-6-4-2/h6,8,12,14,18,20,24,26,30,32,36,38,43,46,83,86H,3-5,7,9-11,13,15-17,19,21-23,25,27-29,31,33-35,37,39-42,44-45,47-82H2,1-2H3/b8-6-,14-12-,20-18-,26-24-,32-30-,38-36-,46-43-. The van der Waals surface area contributed by atoms with Crippen molar-refractivity contribution in [1.82, 2.24) is 0 Å². The molecule has 90 heavy (non-hydrogen) atoms. The lowest BCUT2D eigenvalue weighted by molar-refractivity contribution is -0.161. The molecular weight excluding hydrogens is 1100 g/mol. The molecule has 0 rings (SSSR count). The van der Waals surface area contributed by atoms with Gasteiger partial charge < -0.3 is 14.6 Å². The number of hydrogen-bond acceptors (Lipinski definition) is 5. The highest BCUT2D eigenvalue weighted by Gasteiger charge is 2.16. The Kier molecular flexibility index (Phi) is 77.7. The van der Waals surface area contributed by atoms with E-state index in [1.807, 2.05) is 0 Å². The zero-order valence-corrected chi connectivity index (χ0v) is 60.4. The van der Waals surface area contributed by atoms with Crippen molar-refractivity contribution in [1.29, 1.82) is 0 Å². The second kappa shape index (κ2) is 80.3. The van der Waals surface area contributed by atoms with E-state index in [1.54, 1.807) is 0 Å². The summed E-state index contributed by atoms with van der Waals surface area (Å²) in [6.45, 7) is 4.08. The second-order valence-corrected chi connectivity index (χ2v) is 27.1. The van der Waals surface area contributed by atoms with Crippen LogP contribution in [0, 0.1) is 0 Å². The van der Waals surface area contributed by atoms with E-state index in [9.17, 15) is 14.7 Å². The molecule has 0 aromatic heterocycles. The third kappa shape index (κ3) is 77.5. The topological polar surface area (TPSA) is 72.8 Å². The van der Waals surface area contributed by atoms with Gasteiger partial charge in [-0.3, -0.25) is 9.59 Å². The van der Waals surface area contributed by atoms with E-state index in [1.165, 1.54) is 315 Å². The lowest BCUT2D eigenvalue weighted by Gasteiger charge is -2.15. The number of aliphatic hydroxyl groups is 1. The van der Waals surface area contributed by atoms with E-state index in [0.29, 0.717) is 12.8 Å². The molecule has 0 aromatic rings. The highest BCUT2D eigenvalue weighted by Crippen LogP contribution is 2.20. The molecule has 0 aliphatic heterocycles. The molecule has 0 spiro atoms. The number of allylic oxidation sites excluding steroid dienone is 14. The molecule has 0 bridgehead atoms. The van der Waals surface area contributed by atoms with E-state index in [2.05, 4.69) is 98.9 Å². The molecule has 0 amide bonds. The van der Waals surface area contributed by atoms with Gasteiger partial charge in [-0.05, 0) is 70.6 Å². The third-order valence-electron chi connectivity index (χ3n) is 18.2. The number of rotatable bonds is 75. The Bertz CT molecular complexity index is 1620. The van der Waals surface area contributed by atoms with E-state index < -0.39 is 6.10 Å². The summed E-state index contributed by atoms with van der Waals surface area (Å²) in [6.07, 6.45) is 114. The fraction of sp³-hybridized carbons (Fsp3) is 0.812. The summed E-state index contributed by atoms with van der Waals surface area (Å²) < 4.78 is 10.8. The average molecular weight is 1260 g/mol. The molecule has 1 unspecified atom stereocenters. The lowest BCUT2D eigenvalue weighted by Crippen LogP contribution is -2.28. The molecule has 0 fully saturated rings. The maximum atomic E-state index is 12.4. The predicted octanol–water partition coefficient (Wildman–Crippen LogP) is 28.3. The monoisotopic (exact) mass is 1260 g/mol. The maximum Gasteiger partial charge on any atom is 0.306 e. The number of carbonyl (C=O) groups is 2. The minimum Gasteiger partial charge on any atom is -0.462 e. The van der Waals surface area contributed by atoms with Crippen LogP contribution in [0.2, 0.25) is 0 Å². The molecule has 0 radical (unpaired) electrons. The molecule has 5 nitrogen and oxygen atoms in total. The molecule has 524 valence electrons. The summed E-state index contributed by atoms with van der Waals surface area (Å²) in [7, 11) is 0. The van der Waals surface area contributed by atoms with Crippen LogP contribution in [0.1, 0.15) is 425 Å². The van der Waals surface area contributed by atoms with Gasteiger partial charge in [0.15, 0.2) is 6.10 Å². The van der Waals surface area contributed by atoms with Gasteiger partial charge in [-0.1, -0.05) is 426 Å². The van der Waals surface area contributed by atoms with Crippen LogP contribution in [-0.2, 0) is 19.1 Å². The first-order chi connectivity index (χ1) is 44.6. The number of carbonyl (C=O) groups excluding carboxylic acids is 2. The number of unbranched alkanes of at least 4 members (excludes halogenated alkanes) is 53. The predicted molar refractivity (Wildman–Crippen MR) is 399 cm³/mol. The molecule has 0 aliphatic rings. The van der Waals surface area contributed by atoms with Crippen molar-refractivity contribution in [3.8, 4) is 0 Å². The molecule has 0 heterocycles. The van der Waals surface area contributed by atoms with Gasteiger partial charge >= 0.3 is 11.9 Å². The van der Waals surface area contributed by atoms with Crippen molar-refractivity contribution in [2.45, 2.75) is 431 Å². The lowest BCUT2D eigenvalue weighted by atomic mass is 10.0. The molecule has 0 saturated heterocycles. The van der Waals surface area contributed by atoms with Gasteiger partial charge in [0, 0.05) is 12.8 Å². The minimum atomic E-state index is -0.775. The maximum absolute atomic E-state index is 12.4. The normalized spacial score (nSPS) is 12.6. The van der Waals surface area contributed by atoms with Crippen molar-refractivity contribution in [2.24, 2.45) is 0 Å². The van der Waals surface area contributed by atoms with Crippen LogP contribution in [0.5, 0.6) is 0 Å². The van der Waals surface area contributed by atoms with Gasteiger partial charge in [0.1, 0.15) is 6.61 Å². The van der Waals surface area contributed by atoms with Crippen molar-refractivity contribution in [2.75, 3.05) is 13.2 Å². The van der Waals surface area contributed by atoms with Gasteiger partial charge in [-0.25, -0.2) is 0 Å². The van der Waals surface area contributed by atoms with E-state index in [0.717, 1.165) is 83.5 Å². The summed E-state index contributed by atoms with van der Waals surface area (Å²) in [4.78, 5) is 24.7. The summed E-state index contributed by atoms with van der Waals surface area (Å²) in [5.41, 5.74) is 0. The molecule has 5 heteroatoms. The highest BCUT2D eigenvalue weighted by molar-refractivity contribution is 5.70. The average Bonchev–Trinajstić information content (AvgIpc) is 3.62. The van der Waals surface area contributed by atoms with E-state index in [-0.39, 0.29) is 25.2 Å². The second-order valence-electron chi connectivity index (χ2n) is 27.1. The van der Waals surface area contributed by atoms with Gasteiger partial charge in [-0.2, -0.15) is 0 Å². The summed E-state index contributed by atoms with van der Waals surface area (Å²) in [5, 5.41) is 9.73. The summed E-state index contributed by atoms with van der Waals surface area (Å²) >= 11 is 0. The Morgan fingerprint density at radius 1 is 0.267 bits per heavy atom. The quantitative estimate of drug-likeness (QED) is 0.0373. The Morgan fingerprint density at radius 3 is 0.722 bits per heavy atom. The van der Waals surface area contributed by atoms with Gasteiger partial charge in [0.25, 0.3) is 0 Å². The largest absolute Gasteiger partial charge is 0.462 e. The fourth-order valence-corrected chi connectivity index (χ4v) is 12.3. The zero-order chi connectivity index (χ0) is 64.7. The molecule has 0 aliphatic carbocycles. The van der Waals surface area contributed by atoms with Crippen molar-refractivity contribution >= 4 is 11.9 Å². The van der Waals surface area contributed by atoms with Crippen molar-refractivity contribution < 1.29 is 24.2 Å². The van der Waals surface area contributed by atoms with Crippen LogP contribution >= 0.6 is 0 Å². The summed E-state index contributed by atoms with van der Waals surface area (Å²) in [6, 6.07) is 0. The van der Waals surface area contributed by atoms with Crippen LogP contribution in [0.3, 0.4) is 0 Å². The Hall–Kier alpha value is -2.92. The number of aliphatic hydroxyl groups excluding tert-OH is 1. The van der Waals surface area contributed by atoms with Crippen LogP contribution in [0.15, 0.2) is 85.1 Å². The Labute approximate surface area is 562 Å². The first-order valence-electron chi connectivity index (χ1n) is 40.1. The van der Waals surface area contributed by atoms with Crippen molar-refractivity contribution in [3.05, 3.63) is 85.1 Å². The van der Waals surface area contributed by atoms with Crippen LogP contribution < -0.4 is 0 Å². The van der Waals surface area contributed by atoms with Gasteiger partial charge in [-0.15, -0.1) is 0 Å². The third-order valence-corrected chi connectivity index (χ3v) is 18.2. The van der Waals surface area contributed by atoms with Crippen LogP contribution in [0.25, 0.3) is 0 Å². The Morgan fingerprint density at radius 2 is 0.478 bits per heavy atom. The minimum absolute atomic E-state index is 0.0629. The van der Waals surface area contributed by atoms with E-state index in [4.69, 9.17) is 9.47 Å². The fourth-order valence-electron chi connectivity index (χ4n) is 12.3. The number of esters is 2.